The molecule has 0 aliphatic carbocycles. The van der Waals surface area contributed by atoms with Crippen molar-refractivity contribution in [3.63, 3.8) is 0 Å². The van der Waals surface area contributed by atoms with Crippen LogP contribution in [0.2, 0.25) is 5.15 Å². The third-order valence-electron chi connectivity index (χ3n) is 6.60. The largest absolute Gasteiger partial charge is 0.456 e. The molecule has 1 fully saturated rings. The molecule has 0 bridgehead atoms. The number of aromatic nitrogens is 2. The number of hydrogen-bond donors (Lipinski definition) is 2. The van der Waals surface area contributed by atoms with Gasteiger partial charge in [0.1, 0.15) is 28.6 Å². The maximum atomic E-state index is 14.8. The number of pyridine rings is 2. The summed E-state index contributed by atoms with van der Waals surface area (Å²) in [5.41, 5.74) is 4.79. The molecule has 0 amide bonds. The standard InChI is InChI=1S/C28H24ClFN4O3/c29-26-3-1-2-21(33-26)15-32-20-4-5-24-17(12-20)10-18-11-19(30)13-23(28(18)37-24)25-16-34(8-9-36-25)22-6-7-31-27(35)14-22/h1-7,11-14,25,32H,8-10,15-16H2,(H,31,35). The molecule has 1 saturated heterocycles. The van der Waals surface area contributed by atoms with Crippen molar-refractivity contribution in [2.75, 3.05) is 29.9 Å². The van der Waals surface area contributed by atoms with E-state index in [0.717, 1.165) is 33.9 Å². The summed E-state index contributed by atoms with van der Waals surface area (Å²) in [7, 11) is 0. The quantitative estimate of drug-likeness (QED) is 0.301. The molecule has 188 valence electrons. The predicted molar refractivity (Wildman–Crippen MR) is 140 cm³/mol. The van der Waals surface area contributed by atoms with E-state index in [1.54, 1.807) is 18.3 Å². The number of aromatic amines is 1. The Morgan fingerprint density at radius 1 is 1.14 bits per heavy atom. The normalized spacial score (nSPS) is 16.5. The van der Waals surface area contributed by atoms with Crippen molar-refractivity contribution in [1.82, 2.24) is 9.97 Å². The average molecular weight is 519 g/mol. The Labute approximate surface area is 217 Å². The lowest BCUT2D eigenvalue weighted by Gasteiger charge is -2.36. The summed E-state index contributed by atoms with van der Waals surface area (Å²) in [4.78, 5) is 20.8. The first-order valence-electron chi connectivity index (χ1n) is 12.1. The number of rotatable bonds is 5. The van der Waals surface area contributed by atoms with Gasteiger partial charge in [-0.25, -0.2) is 9.37 Å². The van der Waals surface area contributed by atoms with Crippen LogP contribution in [0, 0.1) is 5.82 Å². The van der Waals surface area contributed by atoms with Crippen molar-refractivity contribution in [3.05, 3.63) is 111 Å². The molecule has 2 N–H and O–H groups in total. The SMILES string of the molecule is O=c1cc(N2CCOC(c3cc(F)cc4c3Oc3ccc(NCc5cccc(Cl)n5)cc3C4)C2)cc[nH]1. The molecule has 0 radical (unpaired) electrons. The number of benzene rings is 2. The zero-order chi connectivity index (χ0) is 25.4. The Kier molecular flexibility index (Phi) is 6.28. The fourth-order valence-corrected chi connectivity index (χ4v) is 5.03. The number of anilines is 2. The van der Waals surface area contributed by atoms with E-state index < -0.39 is 6.10 Å². The lowest BCUT2D eigenvalue weighted by molar-refractivity contribution is 0.0382. The number of nitrogens with zero attached hydrogens (tertiary/aromatic N) is 2. The maximum absolute atomic E-state index is 14.8. The van der Waals surface area contributed by atoms with Crippen molar-refractivity contribution in [3.8, 4) is 11.5 Å². The number of hydrogen-bond acceptors (Lipinski definition) is 6. The van der Waals surface area contributed by atoms with Crippen molar-refractivity contribution in [2.45, 2.75) is 19.1 Å². The van der Waals surface area contributed by atoms with E-state index >= 15 is 0 Å². The molecular formula is C28H24ClFN4O3. The molecule has 0 saturated carbocycles. The highest BCUT2D eigenvalue weighted by atomic mass is 35.5. The fourth-order valence-electron chi connectivity index (χ4n) is 4.85. The van der Waals surface area contributed by atoms with Gasteiger partial charge in [0, 0.05) is 59.8 Å². The van der Waals surface area contributed by atoms with Crippen LogP contribution >= 0.6 is 11.6 Å². The number of H-pyrrole nitrogens is 1. The minimum Gasteiger partial charge on any atom is -0.456 e. The molecule has 4 aromatic rings. The van der Waals surface area contributed by atoms with Crippen molar-refractivity contribution in [2.24, 2.45) is 0 Å². The monoisotopic (exact) mass is 518 g/mol. The maximum Gasteiger partial charge on any atom is 0.249 e. The van der Waals surface area contributed by atoms with Gasteiger partial charge in [0.05, 0.1) is 18.8 Å². The van der Waals surface area contributed by atoms with Crippen LogP contribution in [0.5, 0.6) is 11.5 Å². The number of morpholine rings is 1. The third-order valence-corrected chi connectivity index (χ3v) is 6.81. The Balaban J connectivity index is 1.23. The minimum absolute atomic E-state index is 0.165. The van der Waals surface area contributed by atoms with Gasteiger partial charge in [0.15, 0.2) is 0 Å². The molecule has 37 heavy (non-hydrogen) atoms. The predicted octanol–water partition coefficient (Wildman–Crippen LogP) is 5.45. The molecule has 2 aliphatic heterocycles. The first-order chi connectivity index (χ1) is 18.0. The second-order valence-electron chi connectivity index (χ2n) is 9.11. The van der Waals surface area contributed by atoms with Crippen LogP contribution in [-0.2, 0) is 17.7 Å². The number of ether oxygens (including phenoxy) is 2. The zero-order valence-corrected chi connectivity index (χ0v) is 20.6. The topological polar surface area (TPSA) is 79.5 Å². The van der Waals surface area contributed by atoms with E-state index in [0.29, 0.717) is 49.1 Å². The van der Waals surface area contributed by atoms with Gasteiger partial charge in [-0.3, -0.25) is 4.79 Å². The Morgan fingerprint density at radius 2 is 2.05 bits per heavy atom. The Hall–Kier alpha value is -3.88. The van der Waals surface area contributed by atoms with Crippen LogP contribution in [0.3, 0.4) is 0 Å². The summed E-state index contributed by atoms with van der Waals surface area (Å²) in [6.07, 6.45) is 1.76. The molecule has 7 nitrogen and oxygen atoms in total. The van der Waals surface area contributed by atoms with E-state index in [9.17, 15) is 9.18 Å². The van der Waals surface area contributed by atoms with Gasteiger partial charge in [0.2, 0.25) is 5.56 Å². The second kappa shape index (κ2) is 9.88. The molecule has 4 heterocycles. The van der Waals surface area contributed by atoms with Gasteiger partial charge >= 0.3 is 0 Å². The van der Waals surface area contributed by atoms with Crippen LogP contribution in [0.4, 0.5) is 15.8 Å². The summed E-state index contributed by atoms with van der Waals surface area (Å²) in [5, 5.41) is 3.81. The number of fused-ring (bicyclic) bond motifs is 2. The summed E-state index contributed by atoms with van der Waals surface area (Å²) < 4.78 is 27.2. The van der Waals surface area contributed by atoms with Crippen molar-refractivity contribution >= 4 is 23.0 Å². The van der Waals surface area contributed by atoms with Gasteiger partial charge in [-0.05, 0) is 48.5 Å². The molecule has 6 rings (SSSR count). The fraction of sp³-hybridized carbons (Fsp3) is 0.214. The Morgan fingerprint density at radius 3 is 2.92 bits per heavy atom. The van der Waals surface area contributed by atoms with E-state index in [-0.39, 0.29) is 11.4 Å². The van der Waals surface area contributed by atoms with Gasteiger partial charge in [0.25, 0.3) is 0 Å². The first-order valence-corrected chi connectivity index (χ1v) is 12.4. The minimum atomic E-state index is -0.398. The molecule has 2 aromatic carbocycles. The summed E-state index contributed by atoms with van der Waals surface area (Å²) in [5.74, 6) is 1.03. The smallest absolute Gasteiger partial charge is 0.249 e. The van der Waals surface area contributed by atoms with Gasteiger partial charge in [-0.15, -0.1) is 0 Å². The van der Waals surface area contributed by atoms with Crippen LogP contribution in [-0.4, -0.2) is 29.7 Å². The average Bonchev–Trinajstić information content (AvgIpc) is 2.90. The molecule has 1 atom stereocenters. The van der Waals surface area contributed by atoms with Gasteiger partial charge in [-0.1, -0.05) is 17.7 Å². The second-order valence-corrected chi connectivity index (χ2v) is 9.49. The van der Waals surface area contributed by atoms with Crippen molar-refractivity contribution < 1.29 is 13.9 Å². The molecule has 2 aliphatic rings. The van der Waals surface area contributed by atoms with E-state index in [1.165, 1.54) is 12.1 Å². The Bertz CT molecular complexity index is 1530. The third kappa shape index (κ3) is 5.03. The zero-order valence-electron chi connectivity index (χ0n) is 19.8. The highest BCUT2D eigenvalue weighted by Crippen LogP contribution is 2.43. The molecule has 0 spiro atoms. The van der Waals surface area contributed by atoms with Crippen LogP contribution in [0.1, 0.15) is 28.5 Å². The first kappa shape index (κ1) is 23.5. The van der Waals surface area contributed by atoms with Gasteiger partial charge < -0.3 is 24.7 Å². The summed E-state index contributed by atoms with van der Waals surface area (Å²) in [6.45, 7) is 2.10. The van der Waals surface area contributed by atoms with Crippen LogP contribution in [0.25, 0.3) is 0 Å². The van der Waals surface area contributed by atoms with E-state index in [4.69, 9.17) is 21.1 Å². The van der Waals surface area contributed by atoms with E-state index in [2.05, 4.69) is 20.2 Å². The summed E-state index contributed by atoms with van der Waals surface area (Å²) in [6, 6.07) is 17.8. The van der Waals surface area contributed by atoms with Crippen LogP contribution < -0.4 is 20.5 Å². The number of nitrogens with one attached hydrogen (secondary N) is 2. The molecular weight excluding hydrogens is 495 g/mol. The van der Waals surface area contributed by atoms with Crippen LogP contribution in [0.15, 0.2) is 71.7 Å². The van der Waals surface area contributed by atoms with E-state index in [1.807, 2.05) is 36.4 Å². The lowest BCUT2D eigenvalue weighted by atomic mass is 9.94. The van der Waals surface area contributed by atoms with Gasteiger partial charge in [-0.2, -0.15) is 0 Å². The summed E-state index contributed by atoms with van der Waals surface area (Å²) >= 11 is 5.98. The number of halogens is 2. The lowest BCUT2D eigenvalue weighted by Crippen LogP contribution is -2.39. The van der Waals surface area contributed by atoms with Crippen molar-refractivity contribution in [1.29, 1.82) is 0 Å². The molecule has 9 heteroatoms. The molecule has 2 aromatic heterocycles. The highest BCUT2D eigenvalue weighted by Gasteiger charge is 2.30. The molecule has 1 unspecified atom stereocenters. The highest BCUT2D eigenvalue weighted by molar-refractivity contribution is 6.29.